The Balaban J connectivity index is 1.33. The molecule has 1 aliphatic heterocycles. The predicted molar refractivity (Wildman–Crippen MR) is 93.1 cm³/mol. The summed E-state index contributed by atoms with van der Waals surface area (Å²) >= 11 is 0. The van der Waals surface area contributed by atoms with Crippen LogP contribution in [-0.2, 0) is 11.3 Å². The maximum Gasteiger partial charge on any atom is 0.259 e. The number of benzene rings is 1. The van der Waals surface area contributed by atoms with Crippen LogP contribution < -0.4 is 0 Å². The normalized spacial score (nSPS) is 15.5. The number of ether oxygens (including phenoxy) is 1. The Labute approximate surface area is 150 Å². The van der Waals surface area contributed by atoms with Crippen LogP contribution in [0.5, 0.6) is 0 Å². The second-order valence-electron chi connectivity index (χ2n) is 6.38. The average molecular weight is 354 g/mol. The monoisotopic (exact) mass is 354 g/mol. The van der Waals surface area contributed by atoms with Crippen LogP contribution in [0, 0.1) is 5.82 Å². The van der Waals surface area contributed by atoms with Crippen LogP contribution in [-0.4, -0.2) is 44.6 Å². The van der Waals surface area contributed by atoms with E-state index in [4.69, 9.17) is 4.74 Å². The van der Waals surface area contributed by atoms with Gasteiger partial charge in [-0.15, -0.1) is 0 Å². The maximum absolute atomic E-state index is 12.9. The molecular weight excluding hydrogens is 335 g/mol. The highest BCUT2D eigenvalue weighted by atomic mass is 19.1. The molecule has 3 aromatic rings. The molecule has 0 radical (unpaired) electrons. The quantitative estimate of drug-likeness (QED) is 0.723. The largest absolute Gasteiger partial charge is 0.373 e. The van der Waals surface area contributed by atoms with Crippen molar-refractivity contribution in [3.8, 4) is 0 Å². The van der Waals surface area contributed by atoms with Crippen LogP contribution in [0.25, 0.3) is 5.65 Å². The van der Waals surface area contributed by atoms with Gasteiger partial charge in [-0.2, -0.15) is 5.10 Å². The van der Waals surface area contributed by atoms with Crippen molar-refractivity contribution >= 4 is 11.6 Å². The summed E-state index contributed by atoms with van der Waals surface area (Å²) in [6, 6.07) is 8.10. The zero-order valence-corrected chi connectivity index (χ0v) is 14.2. The molecule has 26 heavy (non-hydrogen) atoms. The summed E-state index contributed by atoms with van der Waals surface area (Å²) < 4.78 is 20.4. The number of carbonyl (C=O) groups is 1. The Morgan fingerprint density at radius 1 is 1.23 bits per heavy atom. The van der Waals surface area contributed by atoms with Gasteiger partial charge in [0.2, 0.25) is 0 Å². The zero-order chi connectivity index (χ0) is 17.9. The van der Waals surface area contributed by atoms with Gasteiger partial charge < -0.3 is 9.64 Å². The van der Waals surface area contributed by atoms with E-state index in [2.05, 4.69) is 10.1 Å². The molecule has 0 unspecified atom stereocenters. The van der Waals surface area contributed by atoms with Gasteiger partial charge in [-0.25, -0.2) is 13.9 Å². The Hall–Kier alpha value is -2.80. The van der Waals surface area contributed by atoms with Crippen molar-refractivity contribution in [2.24, 2.45) is 0 Å². The molecule has 0 N–H and O–H groups in total. The van der Waals surface area contributed by atoms with Gasteiger partial charge in [-0.3, -0.25) is 4.79 Å². The van der Waals surface area contributed by atoms with E-state index in [-0.39, 0.29) is 17.8 Å². The lowest BCUT2D eigenvalue weighted by atomic mass is 10.1. The fraction of sp³-hybridized carbons (Fsp3) is 0.316. The summed E-state index contributed by atoms with van der Waals surface area (Å²) in [7, 11) is 0. The first-order valence-corrected chi connectivity index (χ1v) is 8.64. The molecule has 4 rings (SSSR count). The molecule has 1 aliphatic rings. The number of nitrogens with zero attached hydrogens (tertiary/aromatic N) is 4. The molecule has 6 nitrogen and oxygen atoms in total. The topological polar surface area (TPSA) is 59.7 Å². The molecule has 0 aliphatic carbocycles. The number of halogens is 1. The summed E-state index contributed by atoms with van der Waals surface area (Å²) in [5.74, 6) is -0.293. The predicted octanol–water partition coefficient (Wildman–Crippen LogP) is 2.69. The Kier molecular flexibility index (Phi) is 4.62. The Morgan fingerprint density at radius 2 is 2.00 bits per heavy atom. The van der Waals surface area contributed by atoms with E-state index in [0.29, 0.717) is 30.9 Å². The summed E-state index contributed by atoms with van der Waals surface area (Å²) in [6.07, 6.45) is 6.66. The summed E-state index contributed by atoms with van der Waals surface area (Å²) in [4.78, 5) is 18.8. The van der Waals surface area contributed by atoms with Crippen molar-refractivity contribution in [3.63, 3.8) is 0 Å². The van der Waals surface area contributed by atoms with Crippen molar-refractivity contribution in [1.29, 1.82) is 0 Å². The molecule has 0 atom stereocenters. The van der Waals surface area contributed by atoms with Gasteiger partial charge in [-0.05, 0) is 36.6 Å². The minimum absolute atomic E-state index is 0.0457. The fourth-order valence-corrected chi connectivity index (χ4v) is 3.17. The lowest BCUT2D eigenvalue weighted by Crippen LogP contribution is -2.40. The standard InChI is InChI=1S/C19H19FN4O2/c20-15-4-2-14(3-5-15)13-26-16-6-10-23(11-7-16)19(25)17-12-22-24-9-1-8-21-18(17)24/h1-5,8-9,12,16H,6-7,10-11,13H2. The second kappa shape index (κ2) is 7.21. The first kappa shape index (κ1) is 16.7. The van der Waals surface area contributed by atoms with E-state index < -0.39 is 0 Å². The zero-order valence-electron chi connectivity index (χ0n) is 14.2. The van der Waals surface area contributed by atoms with Crippen molar-refractivity contribution in [3.05, 3.63) is 65.9 Å². The van der Waals surface area contributed by atoms with Gasteiger partial charge in [0.05, 0.1) is 18.9 Å². The molecular formula is C19H19FN4O2. The number of carbonyl (C=O) groups excluding carboxylic acids is 1. The number of likely N-dealkylation sites (tertiary alicyclic amines) is 1. The number of hydrogen-bond acceptors (Lipinski definition) is 4. The van der Waals surface area contributed by atoms with E-state index in [1.165, 1.54) is 12.1 Å². The molecule has 1 saturated heterocycles. The number of hydrogen-bond donors (Lipinski definition) is 0. The SMILES string of the molecule is O=C(c1cnn2cccnc12)N1CCC(OCc2ccc(F)cc2)CC1. The van der Waals surface area contributed by atoms with E-state index >= 15 is 0 Å². The van der Waals surface area contributed by atoms with Crippen LogP contribution in [0.3, 0.4) is 0 Å². The van der Waals surface area contributed by atoms with Crippen molar-refractivity contribution in [2.45, 2.75) is 25.6 Å². The van der Waals surface area contributed by atoms with Crippen LogP contribution in [0.4, 0.5) is 4.39 Å². The van der Waals surface area contributed by atoms with Gasteiger partial charge >= 0.3 is 0 Å². The van der Waals surface area contributed by atoms with E-state index in [1.807, 2.05) is 4.90 Å². The second-order valence-corrected chi connectivity index (χ2v) is 6.38. The highest BCUT2D eigenvalue weighted by Crippen LogP contribution is 2.19. The van der Waals surface area contributed by atoms with Crippen molar-refractivity contribution in [1.82, 2.24) is 19.5 Å². The molecule has 0 bridgehead atoms. The third kappa shape index (κ3) is 3.43. The number of rotatable bonds is 4. The van der Waals surface area contributed by atoms with Gasteiger partial charge in [0.15, 0.2) is 5.65 Å². The molecule has 1 aromatic carbocycles. The molecule has 1 fully saturated rings. The van der Waals surface area contributed by atoms with Crippen molar-refractivity contribution < 1.29 is 13.9 Å². The summed E-state index contributed by atoms with van der Waals surface area (Å²) in [5.41, 5.74) is 2.05. The molecule has 0 saturated carbocycles. The summed E-state index contributed by atoms with van der Waals surface area (Å²) in [5, 5.41) is 4.17. The van der Waals surface area contributed by atoms with Crippen LogP contribution in [0.1, 0.15) is 28.8 Å². The number of aromatic nitrogens is 3. The molecule has 3 heterocycles. The van der Waals surface area contributed by atoms with Gasteiger partial charge in [-0.1, -0.05) is 12.1 Å². The summed E-state index contributed by atoms with van der Waals surface area (Å²) in [6.45, 7) is 1.73. The Morgan fingerprint density at radius 3 is 2.77 bits per heavy atom. The third-order valence-electron chi connectivity index (χ3n) is 4.64. The minimum Gasteiger partial charge on any atom is -0.373 e. The maximum atomic E-state index is 12.9. The van der Waals surface area contributed by atoms with Gasteiger partial charge in [0, 0.05) is 25.5 Å². The molecule has 1 amide bonds. The van der Waals surface area contributed by atoms with Gasteiger partial charge in [0.25, 0.3) is 5.91 Å². The van der Waals surface area contributed by atoms with E-state index in [0.717, 1.165) is 18.4 Å². The molecule has 134 valence electrons. The fourth-order valence-electron chi connectivity index (χ4n) is 3.17. The molecule has 2 aromatic heterocycles. The third-order valence-corrected chi connectivity index (χ3v) is 4.64. The highest BCUT2D eigenvalue weighted by Gasteiger charge is 2.26. The highest BCUT2D eigenvalue weighted by molar-refractivity contribution is 5.99. The number of fused-ring (bicyclic) bond motifs is 1. The lowest BCUT2D eigenvalue weighted by Gasteiger charge is -2.31. The smallest absolute Gasteiger partial charge is 0.259 e. The number of piperidine rings is 1. The number of amides is 1. The van der Waals surface area contributed by atoms with Crippen LogP contribution in [0.15, 0.2) is 48.9 Å². The van der Waals surface area contributed by atoms with Crippen molar-refractivity contribution in [2.75, 3.05) is 13.1 Å². The Bertz CT molecular complexity index is 901. The molecule has 7 heteroatoms. The van der Waals surface area contributed by atoms with Crippen LogP contribution >= 0.6 is 0 Å². The average Bonchev–Trinajstić information content (AvgIpc) is 3.11. The van der Waals surface area contributed by atoms with Crippen LogP contribution in [0.2, 0.25) is 0 Å². The lowest BCUT2D eigenvalue weighted by molar-refractivity contribution is -0.000353. The van der Waals surface area contributed by atoms with E-state index in [1.54, 1.807) is 41.3 Å². The first-order valence-electron chi connectivity index (χ1n) is 8.64. The van der Waals surface area contributed by atoms with Gasteiger partial charge in [0.1, 0.15) is 11.4 Å². The van der Waals surface area contributed by atoms with E-state index in [9.17, 15) is 9.18 Å². The molecule has 0 spiro atoms. The minimum atomic E-state index is -0.247. The first-order chi connectivity index (χ1) is 12.7.